The Bertz CT molecular complexity index is 519. The van der Waals surface area contributed by atoms with Gasteiger partial charge in [0.2, 0.25) is 0 Å². The molecule has 0 atom stereocenters. The fourth-order valence-corrected chi connectivity index (χ4v) is 2.15. The van der Waals surface area contributed by atoms with Gasteiger partial charge in [-0.1, -0.05) is 50.6 Å². The van der Waals surface area contributed by atoms with E-state index in [4.69, 9.17) is 4.74 Å². The van der Waals surface area contributed by atoms with E-state index in [0.29, 0.717) is 0 Å². The molecular formula is C18H23NO. The Kier molecular flexibility index (Phi) is 5.63. The monoisotopic (exact) mass is 269 g/mol. The van der Waals surface area contributed by atoms with Crippen LogP contribution in [0.3, 0.4) is 0 Å². The molecule has 0 aliphatic heterocycles. The summed E-state index contributed by atoms with van der Waals surface area (Å²) < 4.78 is 6.00. The molecule has 0 fully saturated rings. The average Bonchev–Trinajstić information content (AvgIpc) is 2.49. The lowest BCUT2D eigenvalue weighted by Gasteiger charge is -2.11. The zero-order valence-corrected chi connectivity index (χ0v) is 12.4. The molecule has 20 heavy (non-hydrogen) atoms. The van der Waals surface area contributed by atoms with Crippen LogP contribution >= 0.6 is 0 Å². The first kappa shape index (κ1) is 14.6. The van der Waals surface area contributed by atoms with E-state index in [2.05, 4.69) is 49.5 Å². The van der Waals surface area contributed by atoms with Gasteiger partial charge in [0.15, 0.2) is 0 Å². The third-order valence-electron chi connectivity index (χ3n) is 3.23. The number of hydrogen-bond acceptors (Lipinski definition) is 2. The first-order valence-electron chi connectivity index (χ1n) is 7.39. The molecule has 0 aliphatic rings. The predicted octanol–water partition coefficient (Wildman–Crippen LogP) is 4.54. The van der Waals surface area contributed by atoms with Crippen molar-refractivity contribution in [3.05, 3.63) is 59.7 Å². The molecule has 0 bridgehead atoms. The number of rotatable bonds is 7. The minimum absolute atomic E-state index is 0.834. The van der Waals surface area contributed by atoms with Crippen LogP contribution in [0, 0.1) is 0 Å². The Morgan fingerprint density at radius 1 is 0.950 bits per heavy atom. The van der Waals surface area contributed by atoms with Gasteiger partial charge >= 0.3 is 0 Å². The predicted molar refractivity (Wildman–Crippen MR) is 84.3 cm³/mol. The van der Waals surface area contributed by atoms with Crippen molar-refractivity contribution < 1.29 is 4.74 Å². The maximum atomic E-state index is 6.00. The van der Waals surface area contributed by atoms with Crippen LogP contribution in [0.1, 0.15) is 31.4 Å². The standard InChI is InChI=1S/C18H23NO/c1-3-7-15-10-12-17(13-11-15)20-18-9-6-5-8-16(18)14-19-4-2/h5-6,8-13,19H,3-4,7,14H2,1-2H3. The van der Waals surface area contributed by atoms with E-state index >= 15 is 0 Å². The molecule has 0 heterocycles. The molecule has 2 aromatic rings. The summed E-state index contributed by atoms with van der Waals surface area (Å²) in [6, 6.07) is 16.6. The molecule has 0 amide bonds. The Balaban J connectivity index is 2.08. The van der Waals surface area contributed by atoms with Crippen LogP contribution in [-0.2, 0) is 13.0 Å². The molecule has 106 valence electrons. The van der Waals surface area contributed by atoms with Gasteiger partial charge in [0.1, 0.15) is 11.5 Å². The summed E-state index contributed by atoms with van der Waals surface area (Å²) in [4.78, 5) is 0. The maximum absolute atomic E-state index is 6.00. The molecule has 0 saturated carbocycles. The minimum Gasteiger partial charge on any atom is -0.457 e. The highest BCUT2D eigenvalue weighted by Crippen LogP contribution is 2.25. The van der Waals surface area contributed by atoms with Gasteiger partial charge in [-0.15, -0.1) is 0 Å². The zero-order chi connectivity index (χ0) is 14.2. The number of ether oxygens (including phenoxy) is 1. The lowest BCUT2D eigenvalue weighted by molar-refractivity contribution is 0.473. The van der Waals surface area contributed by atoms with Crippen molar-refractivity contribution in [2.24, 2.45) is 0 Å². The fraction of sp³-hybridized carbons (Fsp3) is 0.333. The molecule has 2 aromatic carbocycles. The highest BCUT2D eigenvalue weighted by Gasteiger charge is 2.04. The summed E-state index contributed by atoms with van der Waals surface area (Å²) in [5, 5.41) is 3.34. The number of hydrogen-bond donors (Lipinski definition) is 1. The molecule has 2 rings (SSSR count). The third-order valence-corrected chi connectivity index (χ3v) is 3.23. The topological polar surface area (TPSA) is 21.3 Å². The zero-order valence-electron chi connectivity index (χ0n) is 12.4. The van der Waals surface area contributed by atoms with Crippen LogP contribution in [0.25, 0.3) is 0 Å². The van der Waals surface area contributed by atoms with Gasteiger partial charge in [-0.05, 0) is 36.7 Å². The second-order valence-corrected chi connectivity index (χ2v) is 4.88. The van der Waals surface area contributed by atoms with Crippen LogP contribution in [0.5, 0.6) is 11.5 Å². The van der Waals surface area contributed by atoms with Crippen molar-refractivity contribution in [3.63, 3.8) is 0 Å². The Morgan fingerprint density at radius 2 is 1.70 bits per heavy atom. The van der Waals surface area contributed by atoms with Crippen molar-refractivity contribution in [2.75, 3.05) is 6.54 Å². The largest absolute Gasteiger partial charge is 0.457 e. The minimum atomic E-state index is 0.834. The molecule has 0 radical (unpaired) electrons. The van der Waals surface area contributed by atoms with Crippen molar-refractivity contribution in [1.29, 1.82) is 0 Å². The highest BCUT2D eigenvalue weighted by atomic mass is 16.5. The van der Waals surface area contributed by atoms with Crippen LogP contribution in [-0.4, -0.2) is 6.54 Å². The van der Waals surface area contributed by atoms with E-state index in [1.165, 1.54) is 17.5 Å². The Labute approximate surface area is 121 Å². The third kappa shape index (κ3) is 4.10. The number of para-hydroxylation sites is 1. The maximum Gasteiger partial charge on any atom is 0.131 e. The van der Waals surface area contributed by atoms with E-state index in [0.717, 1.165) is 31.0 Å². The van der Waals surface area contributed by atoms with Crippen molar-refractivity contribution in [3.8, 4) is 11.5 Å². The van der Waals surface area contributed by atoms with Gasteiger partial charge in [-0.3, -0.25) is 0 Å². The second kappa shape index (κ2) is 7.71. The molecule has 0 spiro atoms. The summed E-state index contributed by atoms with van der Waals surface area (Å²) in [6.07, 6.45) is 2.29. The Hall–Kier alpha value is -1.80. The van der Waals surface area contributed by atoms with Gasteiger partial charge in [-0.25, -0.2) is 0 Å². The molecule has 2 heteroatoms. The van der Waals surface area contributed by atoms with Crippen LogP contribution in [0.15, 0.2) is 48.5 Å². The van der Waals surface area contributed by atoms with Crippen LogP contribution in [0.2, 0.25) is 0 Å². The van der Waals surface area contributed by atoms with Crippen LogP contribution < -0.4 is 10.1 Å². The Morgan fingerprint density at radius 3 is 2.40 bits per heavy atom. The number of benzene rings is 2. The summed E-state index contributed by atoms with van der Waals surface area (Å²) >= 11 is 0. The molecule has 0 unspecified atom stereocenters. The van der Waals surface area contributed by atoms with E-state index < -0.39 is 0 Å². The summed E-state index contributed by atoms with van der Waals surface area (Å²) in [5.41, 5.74) is 2.55. The van der Waals surface area contributed by atoms with Gasteiger partial charge in [0.05, 0.1) is 0 Å². The molecule has 0 aliphatic carbocycles. The summed E-state index contributed by atoms with van der Waals surface area (Å²) in [6.45, 7) is 6.10. The highest BCUT2D eigenvalue weighted by molar-refractivity contribution is 5.38. The van der Waals surface area contributed by atoms with E-state index in [-0.39, 0.29) is 0 Å². The van der Waals surface area contributed by atoms with Gasteiger partial charge in [0, 0.05) is 12.1 Å². The lowest BCUT2D eigenvalue weighted by atomic mass is 10.1. The van der Waals surface area contributed by atoms with Crippen molar-refractivity contribution in [1.82, 2.24) is 5.32 Å². The molecule has 1 N–H and O–H groups in total. The van der Waals surface area contributed by atoms with Gasteiger partial charge < -0.3 is 10.1 Å². The second-order valence-electron chi connectivity index (χ2n) is 4.88. The molecule has 0 aromatic heterocycles. The summed E-state index contributed by atoms with van der Waals surface area (Å²) in [7, 11) is 0. The fourth-order valence-electron chi connectivity index (χ4n) is 2.15. The first-order valence-corrected chi connectivity index (χ1v) is 7.39. The average molecular weight is 269 g/mol. The smallest absolute Gasteiger partial charge is 0.131 e. The normalized spacial score (nSPS) is 10.5. The van der Waals surface area contributed by atoms with Crippen molar-refractivity contribution >= 4 is 0 Å². The quantitative estimate of drug-likeness (QED) is 0.796. The lowest BCUT2D eigenvalue weighted by Crippen LogP contribution is -2.12. The van der Waals surface area contributed by atoms with E-state index in [9.17, 15) is 0 Å². The summed E-state index contributed by atoms with van der Waals surface area (Å²) in [5.74, 6) is 1.82. The molecule has 2 nitrogen and oxygen atoms in total. The first-order chi connectivity index (χ1) is 9.83. The molecule has 0 saturated heterocycles. The number of nitrogens with one attached hydrogen (secondary N) is 1. The molecular weight excluding hydrogens is 246 g/mol. The SMILES string of the molecule is CCCc1ccc(Oc2ccccc2CNCC)cc1. The van der Waals surface area contributed by atoms with E-state index in [1.807, 2.05) is 18.2 Å². The van der Waals surface area contributed by atoms with Crippen LogP contribution in [0.4, 0.5) is 0 Å². The number of aryl methyl sites for hydroxylation is 1. The van der Waals surface area contributed by atoms with Crippen molar-refractivity contribution in [2.45, 2.75) is 33.2 Å². The van der Waals surface area contributed by atoms with E-state index in [1.54, 1.807) is 0 Å². The van der Waals surface area contributed by atoms with Gasteiger partial charge in [0.25, 0.3) is 0 Å². The van der Waals surface area contributed by atoms with Gasteiger partial charge in [-0.2, -0.15) is 0 Å².